The number of nitrogens with two attached hydrogens (primary N) is 1. The maximum atomic E-state index is 11.7. The molecule has 3 aromatic rings. The number of anilines is 1. The van der Waals surface area contributed by atoms with Gasteiger partial charge in [0.15, 0.2) is 5.16 Å². The number of hydrogen-bond acceptors (Lipinski definition) is 10. The van der Waals surface area contributed by atoms with Gasteiger partial charge in [0, 0.05) is 6.20 Å². The van der Waals surface area contributed by atoms with Gasteiger partial charge in [-0.1, -0.05) is 23.9 Å². The number of thioether (sulfide) groups is 1. The summed E-state index contributed by atoms with van der Waals surface area (Å²) in [5.74, 6) is -0.687. The van der Waals surface area contributed by atoms with Crippen LogP contribution in [0.3, 0.4) is 0 Å². The zero-order valence-electron chi connectivity index (χ0n) is 14.7. The van der Waals surface area contributed by atoms with Crippen LogP contribution in [0.4, 0.5) is 5.82 Å². The Balaban J connectivity index is 1.77. The molecule has 0 radical (unpaired) electrons. The number of nitrogens with zero attached hydrogens (tertiary/aromatic N) is 4. The first kappa shape index (κ1) is 19.6. The molecular formula is C18H15N5O3S2. The number of allylic oxidation sites excluding steroid dienone is 1. The SMILES string of the molecule is CCOC(=O)c1cnc(SC/C(O)=C(\C#N)c2nc3ccccc3s2)nc1N. The number of thiazole rings is 1. The molecule has 0 saturated heterocycles. The van der Waals surface area contributed by atoms with Crippen LogP contribution in [0.15, 0.2) is 41.4 Å². The topological polar surface area (TPSA) is 135 Å². The van der Waals surface area contributed by atoms with E-state index in [1.54, 1.807) is 6.92 Å². The van der Waals surface area contributed by atoms with Gasteiger partial charge in [-0.2, -0.15) is 5.26 Å². The average Bonchev–Trinajstić information content (AvgIpc) is 3.10. The van der Waals surface area contributed by atoms with Gasteiger partial charge in [-0.25, -0.2) is 19.7 Å². The molecule has 0 fully saturated rings. The van der Waals surface area contributed by atoms with Crippen LogP contribution >= 0.6 is 23.1 Å². The number of hydrogen-bond donors (Lipinski definition) is 2. The lowest BCUT2D eigenvalue weighted by Crippen LogP contribution is -2.10. The second-order valence-corrected chi connectivity index (χ2v) is 7.35. The minimum absolute atomic E-state index is 0.00824. The summed E-state index contributed by atoms with van der Waals surface area (Å²) in [4.78, 5) is 24.2. The first-order chi connectivity index (χ1) is 13.5. The minimum Gasteiger partial charge on any atom is -0.510 e. The van der Waals surface area contributed by atoms with Crippen LogP contribution in [0.5, 0.6) is 0 Å². The number of aliphatic hydroxyl groups is 1. The van der Waals surface area contributed by atoms with Gasteiger partial charge >= 0.3 is 5.97 Å². The van der Waals surface area contributed by atoms with E-state index in [-0.39, 0.29) is 40.2 Å². The summed E-state index contributed by atoms with van der Waals surface area (Å²) in [6, 6.07) is 9.50. The first-order valence-electron chi connectivity index (χ1n) is 8.14. The van der Waals surface area contributed by atoms with Crippen LogP contribution in [0.1, 0.15) is 22.3 Å². The number of nitrogen functional groups attached to an aromatic ring is 1. The van der Waals surface area contributed by atoms with Crippen LogP contribution in [-0.4, -0.2) is 38.4 Å². The van der Waals surface area contributed by atoms with Gasteiger partial charge < -0.3 is 15.6 Å². The largest absolute Gasteiger partial charge is 0.510 e. The lowest BCUT2D eigenvalue weighted by molar-refractivity contribution is 0.0526. The predicted octanol–water partition coefficient (Wildman–Crippen LogP) is 3.43. The molecule has 3 rings (SSSR count). The number of aromatic nitrogens is 3. The van der Waals surface area contributed by atoms with Gasteiger partial charge in [-0.3, -0.25) is 0 Å². The normalized spacial score (nSPS) is 11.7. The number of carbonyl (C=O) groups is 1. The maximum absolute atomic E-state index is 11.7. The molecule has 0 amide bonds. The molecule has 1 aromatic carbocycles. The highest BCUT2D eigenvalue weighted by Gasteiger charge is 2.16. The highest BCUT2D eigenvalue weighted by atomic mass is 32.2. The summed E-state index contributed by atoms with van der Waals surface area (Å²) >= 11 is 2.41. The van der Waals surface area contributed by atoms with E-state index in [0.29, 0.717) is 5.01 Å². The van der Waals surface area contributed by atoms with Crippen molar-refractivity contribution in [1.82, 2.24) is 15.0 Å². The Morgan fingerprint density at radius 2 is 2.18 bits per heavy atom. The van der Waals surface area contributed by atoms with Crippen molar-refractivity contribution >= 4 is 50.7 Å². The predicted molar refractivity (Wildman–Crippen MR) is 108 cm³/mol. The quantitative estimate of drug-likeness (QED) is 0.205. The molecule has 0 saturated carbocycles. The third-order valence-electron chi connectivity index (χ3n) is 3.54. The number of esters is 1. The second kappa shape index (κ2) is 8.69. The smallest absolute Gasteiger partial charge is 0.343 e. The summed E-state index contributed by atoms with van der Waals surface area (Å²) in [5.41, 5.74) is 6.73. The molecule has 8 nitrogen and oxygen atoms in total. The van der Waals surface area contributed by atoms with Crippen molar-refractivity contribution in [2.75, 3.05) is 18.1 Å². The minimum atomic E-state index is -0.595. The Morgan fingerprint density at radius 3 is 2.86 bits per heavy atom. The molecule has 10 heteroatoms. The third kappa shape index (κ3) is 4.21. The summed E-state index contributed by atoms with van der Waals surface area (Å²) in [5, 5.41) is 20.5. The fourth-order valence-electron chi connectivity index (χ4n) is 2.23. The number of aliphatic hydroxyl groups excluding tert-OH is 1. The van der Waals surface area contributed by atoms with Crippen LogP contribution in [0, 0.1) is 11.3 Å². The van der Waals surface area contributed by atoms with Crippen LogP contribution in [0.2, 0.25) is 0 Å². The summed E-state index contributed by atoms with van der Waals surface area (Å²) in [6.07, 6.45) is 1.28. The Bertz CT molecular complexity index is 1070. The van der Waals surface area contributed by atoms with Crippen molar-refractivity contribution in [3.8, 4) is 6.07 Å². The van der Waals surface area contributed by atoms with Crippen molar-refractivity contribution in [2.24, 2.45) is 0 Å². The maximum Gasteiger partial charge on any atom is 0.343 e. The number of fused-ring (bicyclic) bond motifs is 1. The Labute approximate surface area is 168 Å². The van der Waals surface area contributed by atoms with Crippen LogP contribution < -0.4 is 5.73 Å². The zero-order chi connectivity index (χ0) is 20.1. The third-order valence-corrected chi connectivity index (χ3v) is 5.46. The van der Waals surface area contributed by atoms with E-state index in [1.165, 1.54) is 17.5 Å². The molecule has 0 bridgehead atoms. The molecular weight excluding hydrogens is 398 g/mol. The van der Waals surface area contributed by atoms with Crippen molar-refractivity contribution in [1.29, 1.82) is 5.26 Å². The Morgan fingerprint density at radius 1 is 1.39 bits per heavy atom. The molecule has 28 heavy (non-hydrogen) atoms. The van der Waals surface area contributed by atoms with Gasteiger partial charge in [-0.15, -0.1) is 11.3 Å². The van der Waals surface area contributed by atoms with Crippen molar-refractivity contribution in [3.05, 3.63) is 46.8 Å². The van der Waals surface area contributed by atoms with Crippen LogP contribution in [0.25, 0.3) is 15.8 Å². The summed E-state index contributed by atoms with van der Waals surface area (Å²) in [6.45, 7) is 1.91. The van der Waals surface area contributed by atoms with E-state index < -0.39 is 5.97 Å². The number of para-hydroxylation sites is 1. The molecule has 0 atom stereocenters. The number of nitriles is 1. The number of ether oxygens (including phenoxy) is 1. The van der Waals surface area contributed by atoms with E-state index in [4.69, 9.17) is 10.5 Å². The number of benzene rings is 1. The lowest BCUT2D eigenvalue weighted by atomic mass is 10.2. The first-order valence-corrected chi connectivity index (χ1v) is 9.94. The molecule has 0 aliphatic heterocycles. The standard InChI is InChI=1S/C18H15N5O3S2/c1-2-26-17(25)11-8-21-18(23-15(11)20)27-9-13(24)10(7-19)16-22-12-5-3-4-6-14(12)28-16/h3-6,8,24H,2,9H2,1H3,(H2,20,21,23)/b13-10-. The van der Waals surface area contributed by atoms with E-state index in [0.717, 1.165) is 22.0 Å². The molecule has 3 N–H and O–H groups in total. The fraction of sp³-hybridized carbons (Fsp3) is 0.167. The molecule has 2 heterocycles. The zero-order valence-corrected chi connectivity index (χ0v) is 16.4. The Hall–Kier alpha value is -3.16. The monoisotopic (exact) mass is 413 g/mol. The molecule has 0 aliphatic carbocycles. The molecule has 0 spiro atoms. The van der Waals surface area contributed by atoms with Crippen LogP contribution in [-0.2, 0) is 4.74 Å². The van der Waals surface area contributed by atoms with Gasteiger partial charge in [-0.05, 0) is 19.1 Å². The fourth-order valence-corrected chi connectivity index (χ4v) is 3.92. The van der Waals surface area contributed by atoms with Crippen molar-refractivity contribution in [2.45, 2.75) is 12.1 Å². The average molecular weight is 413 g/mol. The lowest BCUT2D eigenvalue weighted by Gasteiger charge is -2.06. The van der Waals surface area contributed by atoms with E-state index in [2.05, 4.69) is 15.0 Å². The van der Waals surface area contributed by atoms with Crippen molar-refractivity contribution < 1.29 is 14.6 Å². The molecule has 0 aliphatic rings. The highest BCUT2D eigenvalue weighted by Crippen LogP contribution is 2.29. The number of carbonyl (C=O) groups excluding carboxylic acids is 1. The molecule has 142 valence electrons. The second-order valence-electron chi connectivity index (χ2n) is 5.38. The van der Waals surface area contributed by atoms with Crippen molar-refractivity contribution in [3.63, 3.8) is 0 Å². The summed E-state index contributed by atoms with van der Waals surface area (Å²) < 4.78 is 5.80. The Kier molecular flexibility index (Phi) is 6.08. The van der Waals surface area contributed by atoms with E-state index in [1.807, 2.05) is 30.3 Å². The van der Waals surface area contributed by atoms with Gasteiger partial charge in [0.1, 0.15) is 33.8 Å². The number of rotatable bonds is 6. The van der Waals surface area contributed by atoms with Gasteiger partial charge in [0.25, 0.3) is 0 Å². The van der Waals surface area contributed by atoms with Gasteiger partial charge in [0.05, 0.1) is 22.6 Å². The molecule has 0 unspecified atom stereocenters. The van der Waals surface area contributed by atoms with E-state index in [9.17, 15) is 15.2 Å². The van der Waals surface area contributed by atoms with E-state index >= 15 is 0 Å². The highest BCUT2D eigenvalue weighted by molar-refractivity contribution is 7.99. The van der Waals surface area contributed by atoms with Gasteiger partial charge in [0.2, 0.25) is 0 Å². The molecule has 2 aromatic heterocycles. The summed E-state index contributed by atoms with van der Waals surface area (Å²) in [7, 11) is 0.